The van der Waals surface area contributed by atoms with Gasteiger partial charge in [0.25, 0.3) is 0 Å². The Labute approximate surface area is 109 Å². The Balaban J connectivity index is 1.58. The van der Waals surface area contributed by atoms with Crippen molar-refractivity contribution >= 4 is 5.91 Å². The Morgan fingerprint density at radius 3 is 2.22 bits per heavy atom. The highest BCUT2D eigenvalue weighted by atomic mass is 16.1. The SMILES string of the molecule is O=C(NC1CCCCC1)C1Cc2ccccc2C1. The van der Waals surface area contributed by atoms with Crippen LogP contribution in [0.2, 0.25) is 0 Å². The number of benzene rings is 1. The van der Waals surface area contributed by atoms with Crippen molar-refractivity contribution in [1.82, 2.24) is 5.32 Å². The summed E-state index contributed by atoms with van der Waals surface area (Å²) in [5.41, 5.74) is 2.72. The molecule has 0 spiro atoms. The highest BCUT2D eigenvalue weighted by Crippen LogP contribution is 2.27. The van der Waals surface area contributed by atoms with Crippen molar-refractivity contribution < 1.29 is 4.79 Å². The largest absolute Gasteiger partial charge is 0.353 e. The van der Waals surface area contributed by atoms with E-state index in [0.29, 0.717) is 6.04 Å². The summed E-state index contributed by atoms with van der Waals surface area (Å²) in [6, 6.07) is 8.89. The fourth-order valence-electron chi connectivity index (χ4n) is 3.31. The molecule has 2 nitrogen and oxygen atoms in total. The highest BCUT2D eigenvalue weighted by molar-refractivity contribution is 5.80. The van der Waals surface area contributed by atoms with Crippen molar-refractivity contribution in [1.29, 1.82) is 0 Å². The molecule has 1 aromatic carbocycles. The third-order valence-corrected chi connectivity index (χ3v) is 4.37. The number of carbonyl (C=O) groups is 1. The Bertz CT molecular complexity index is 409. The minimum Gasteiger partial charge on any atom is -0.353 e. The molecule has 1 fully saturated rings. The maximum Gasteiger partial charge on any atom is 0.223 e. The predicted octanol–water partition coefficient (Wildman–Crippen LogP) is 2.85. The molecule has 0 aliphatic heterocycles. The van der Waals surface area contributed by atoms with Crippen LogP contribution in [-0.2, 0) is 17.6 Å². The Hall–Kier alpha value is -1.31. The average molecular weight is 243 g/mol. The van der Waals surface area contributed by atoms with Crippen LogP contribution in [-0.4, -0.2) is 11.9 Å². The third-order valence-electron chi connectivity index (χ3n) is 4.37. The summed E-state index contributed by atoms with van der Waals surface area (Å²) in [5.74, 6) is 0.447. The van der Waals surface area contributed by atoms with Gasteiger partial charge in [-0.25, -0.2) is 0 Å². The number of carbonyl (C=O) groups excluding carboxylic acids is 1. The van der Waals surface area contributed by atoms with E-state index >= 15 is 0 Å². The molecule has 96 valence electrons. The van der Waals surface area contributed by atoms with Crippen LogP contribution in [0.25, 0.3) is 0 Å². The molecule has 0 radical (unpaired) electrons. The molecule has 1 amide bonds. The second-order valence-corrected chi connectivity index (χ2v) is 5.72. The summed E-state index contributed by atoms with van der Waals surface area (Å²) in [7, 11) is 0. The molecule has 1 N–H and O–H groups in total. The lowest BCUT2D eigenvalue weighted by atomic mass is 9.94. The molecule has 2 aliphatic carbocycles. The molecule has 2 heteroatoms. The summed E-state index contributed by atoms with van der Waals surface area (Å²) in [4.78, 5) is 12.3. The number of hydrogen-bond acceptors (Lipinski definition) is 1. The van der Waals surface area contributed by atoms with Crippen molar-refractivity contribution in [3.05, 3.63) is 35.4 Å². The molecule has 1 aromatic rings. The monoisotopic (exact) mass is 243 g/mol. The van der Waals surface area contributed by atoms with Gasteiger partial charge in [-0.05, 0) is 36.8 Å². The fourth-order valence-corrected chi connectivity index (χ4v) is 3.31. The number of fused-ring (bicyclic) bond motifs is 1. The van der Waals surface area contributed by atoms with Gasteiger partial charge in [0.1, 0.15) is 0 Å². The van der Waals surface area contributed by atoms with E-state index in [-0.39, 0.29) is 11.8 Å². The fraction of sp³-hybridized carbons (Fsp3) is 0.562. The molecule has 18 heavy (non-hydrogen) atoms. The lowest BCUT2D eigenvalue weighted by Gasteiger charge is -2.24. The van der Waals surface area contributed by atoms with E-state index in [2.05, 4.69) is 29.6 Å². The summed E-state index contributed by atoms with van der Waals surface area (Å²) >= 11 is 0. The summed E-state index contributed by atoms with van der Waals surface area (Å²) < 4.78 is 0. The van der Waals surface area contributed by atoms with Crippen LogP contribution in [0.1, 0.15) is 43.2 Å². The molecular formula is C16H21NO. The van der Waals surface area contributed by atoms with Gasteiger partial charge in [-0.2, -0.15) is 0 Å². The smallest absolute Gasteiger partial charge is 0.223 e. The van der Waals surface area contributed by atoms with Crippen LogP contribution >= 0.6 is 0 Å². The second-order valence-electron chi connectivity index (χ2n) is 5.72. The van der Waals surface area contributed by atoms with Crippen LogP contribution in [0.4, 0.5) is 0 Å². The number of hydrogen-bond donors (Lipinski definition) is 1. The quantitative estimate of drug-likeness (QED) is 0.850. The lowest BCUT2D eigenvalue weighted by Crippen LogP contribution is -2.40. The van der Waals surface area contributed by atoms with Crippen molar-refractivity contribution in [2.24, 2.45) is 5.92 Å². The maximum atomic E-state index is 12.3. The zero-order chi connectivity index (χ0) is 12.4. The molecule has 0 aromatic heterocycles. The normalized spacial score (nSPS) is 20.7. The molecule has 2 aliphatic rings. The minimum atomic E-state index is 0.171. The van der Waals surface area contributed by atoms with Crippen molar-refractivity contribution in [2.45, 2.75) is 51.0 Å². The van der Waals surface area contributed by atoms with E-state index in [1.54, 1.807) is 0 Å². The van der Waals surface area contributed by atoms with Crippen LogP contribution in [0, 0.1) is 5.92 Å². The summed E-state index contributed by atoms with van der Waals surface area (Å²) in [5, 5.41) is 3.26. The van der Waals surface area contributed by atoms with Gasteiger partial charge in [0.15, 0.2) is 0 Å². The molecule has 0 bridgehead atoms. The number of amides is 1. The standard InChI is InChI=1S/C16H21NO/c18-16(17-15-8-2-1-3-9-15)14-10-12-6-4-5-7-13(12)11-14/h4-7,14-15H,1-3,8-11H2,(H,17,18). The van der Waals surface area contributed by atoms with E-state index in [4.69, 9.17) is 0 Å². The van der Waals surface area contributed by atoms with Gasteiger partial charge in [0.2, 0.25) is 5.91 Å². The number of nitrogens with one attached hydrogen (secondary N) is 1. The molecule has 3 rings (SSSR count). The highest BCUT2D eigenvalue weighted by Gasteiger charge is 2.28. The Morgan fingerprint density at radius 1 is 1.00 bits per heavy atom. The second kappa shape index (κ2) is 5.13. The first-order valence-electron chi connectivity index (χ1n) is 7.20. The zero-order valence-corrected chi connectivity index (χ0v) is 10.8. The maximum absolute atomic E-state index is 12.3. The first-order chi connectivity index (χ1) is 8.83. The molecule has 0 atom stereocenters. The van der Waals surface area contributed by atoms with Crippen LogP contribution in [0.5, 0.6) is 0 Å². The van der Waals surface area contributed by atoms with E-state index in [9.17, 15) is 4.79 Å². The Morgan fingerprint density at radius 2 is 1.61 bits per heavy atom. The topological polar surface area (TPSA) is 29.1 Å². The third kappa shape index (κ3) is 2.43. The van der Waals surface area contributed by atoms with E-state index < -0.39 is 0 Å². The Kier molecular flexibility index (Phi) is 3.35. The minimum absolute atomic E-state index is 0.171. The van der Waals surface area contributed by atoms with Gasteiger partial charge in [0, 0.05) is 12.0 Å². The van der Waals surface area contributed by atoms with E-state index in [0.717, 1.165) is 12.8 Å². The molecular weight excluding hydrogens is 222 g/mol. The first kappa shape index (κ1) is 11.8. The summed E-state index contributed by atoms with van der Waals surface area (Å²) in [6.07, 6.45) is 8.08. The van der Waals surface area contributed by atoms with Gasteiger partial charge in [-0.15, -0.1) is 0 Å². The average Bonchev–Trinajstić information content (AvgIpc) is 2.84. The van der Waals surface area contributed by atoms with Crippen LogP contribution in [0.3, 0.4) is 0 Å². The van der Waals surface area contributed by atoms with E-state index in [1.807, 2.05) is 0 Å². The zero-order valence-electron chi connectivity index (χ0n) is 10.8. The van der Waals surface area contributed by atoms with Crippen LogP contribution in [0.15, 0.2) is 24.3 Å². The lowest BCUT2D eigenvalue weighted by molar-refractivity contribution is -0.125. The van der Waals surface area contributed by atoms with E-state index in [1.165, 1.54) is 43.2 Å². The first-order valence-corrected chi connectivity index (χ1v) is 7.20. The van der Waals surface area contributed by atoms with Crippen molar-refractivity contribution in [2.75, 3.05) is 0 Å². The van der Waals surface area contributed by atoms with Gasteiger partial charge in [0.05, 0.1) is 0 Å². The molecule has 0 unspecified atom stereocenters. The van der Waals surface area contributed by atoms with Gasteiger partial charge < -0.3 is 5.32 Å². The predicted molar refractivity (Wildman–Crippen MR) is 72.4 cm³/mol. The van der Waals surface area contributed by atoms with Crippen LogP contribution < -0.4 is 5.32 Å². The van der Waals surface area contributed by atoms with Gasteiger partial charge in [-0.3, -0.25) is 4.79 Å². The van der Waals surface area contributed by atoms with Gasteiger partial charge >= 0.3 is 0 Å². The van der Waals surface area contributed by atoms with Gasteiger partial charge in [-0.1, -0.05) is 43.5 Å². The summed E-state index contributed by atoms with van der Waals surface area (Å²) in [6.45, 7) is 0. The number of rotatable bonds is 2. The molecule has 0 saturated heterocycles. The molecule has 0 heterocycles. The van der Waals surface area contributed by atoms with Crippen molar-refractivity contribution in [3.8, 4) is 0 Å². The molecule has 1 saturated carbocycles. The van der Waals surface area contributed by atoms with Crippen molar-refractivity contribution in [3.63, 3.8) is 0 Å².